The van der Waals surface area contributed by atoms with Crippen molar-refractivity contribution in [3.05, 3.63) is 16.3 Å². The van der Waals surface area contributed by atoms with E-state index in [0.717, 1.165) is 23.5 Å². The average molecular weight is 267 g/mol. The first-order valence-corrected chi connectivity index (χ1v) is 7.81. The molecule has 1 aromatic rings. The Morgan fingerprint density at radius 3 is 2.44 bits per heavy atom. The summed E-state index contributed by atoms with van der Waals surface area (Å²) in [5.74, 6) is 3.47. The van der Waals surface area contributed by atoms with Crippen LogP contribution in [-0.2, 0) is 0 Å². The first kappa shape index (κ1) is 13.9. The van der Waals surface area contributed by atoms with Crippen molar-refractivity contribution in [3.63, 3.8) is 0 Å². The minimum atomic E-state index is 0.490. The van der Waals surface area contributed by atoms with Crippen LogP contribution >= 0.6 is 11.3 Å². The molecule has 0 bridgehead atoms. The lowest BCUT2D eigenvalue weighted by atomic mass is 9.73. The quantitative estimate of drug-likeness (QED) is 0.887. The van der Waals surface area contributed by atoms with Gasteiger partial charge in [-0.3, -0.25) is 0 Å². The summed E-state index contributed by atoms with van der Waals surface area (Å²) in [5.41, 5.74) is 0. The van der Waals surface area contributed by atoms with Crippen LogP contribution in [0.5, 0.6) is 5.75 Å². The van der Waals surface area contributed by atoms with Crippen LogP contribution < -0.4 is 10.1 Å². The van der Waals surface area contributed by atoms with Crippen molar-refractivity contribution >= 4 is 11.3 Å². The highest BCUT2D eigenvalue weighted by molar-refractivity contribution is 7.10. The molecule has 3 atom stereocenters. The molecule has 3 heteroatoms. The Morgan fingerprint density at radius 2 is 1.94 bits per heavy atom. The molecule has 2 rings (SSSR count). The summed E-state index contributed by atoms with van der Waals surface area (Å²) in [4.78, 5) is 1.42. The Bertz CT molecular complexity index is 366. The zero-order chi connectivity index (χ0) is 13.1. The van der Waals surface area contributed by atoms with Gasteiger partial charge in [-0.05, 0) is 50.1 Å². The van der Waals surface area contributed by atoms with Crippen molar-refractivity contribution in [1.82, 2.24) is 5.32 Å². The second-order valence-corrected chi connectivity index (χ2v) is 6.78. The molecule has 1 aliphatic rings. The highest BCUT2D eigenvalue weighted by atomic mass is 32.1. The van der Waals surface area contributed by atoms with Gasteiger partial charge in [0.1, 0.15) is 5.75 Å². The van der Waals surface area contributed by atoms with Gasteiger partial charge in [-0.2, -0.15) is 0 Å². The fourth-order valence-corrected chi connectivity index (χ4v) is 4.55. The number of hydrogen-bond acceptors (Lipinski definition) is 3. The van der Waals surface area contributed by atoms with Crippen LogP contribution in [0, 0.1) is 17.8 Å². The maximum Gasteiger partial charge on any atom is 0.129 e. The third-order valence-electron chi connectivity index (χ3n) is 4.14. The van der Waals surface area contributed by atoms with Gasteiger partial charge in [-0.15, -0.1) is 11.3 Å². The first-order valence-electron chi connectivity index (χ1n) is 6.93. The molecule has 1 N–H and O–H groups in total. The summed E-state index contributed by atoms with van der Waals surface area (Å²) in [6.07, 6.45) is 4.08. The van der Waals surface area contributed by atoms with Crippen LogP contribution in [0.1, 0.15) is 44.0 Å². The number of thiophene rings is 1. The molecule has 0 spiro atoms. The molecular formula is C15H25NOS. The van der Waals surface area contributed by atoms with Crippen LogP contribution in [0.25, 0.3) is 0 Å². The monoisotopic (exact) mass is 267 g/mol. The lowest BCUT2D eigenvalue weighted by Crippen LogP contribution is -2.30. The van der Waals surface area contributed by atoms with E-state index in [2.05, 4.69) is 37.7 Å². The second kappa shape index (κ2) is 6.07. The highest BCUT2D eigenvalue weighted by Crippen LogP contribution is 2.41. The summed E-state index contributed by atoms with van der Waals surface area (Å²) in [5, 5.41) is 5.63. The zero-order valence-corrected chi connectivity index (χ0v) is 12.7. The Kier molecular flexibility index (Phi) is 4.68. The van der Waals surface area contributed by atoms with Crippen molar-refractivity contribution in [1.29, 1.82) is 0 Å². The van der Waals surface area contributed by atoms with Gasteiger partial charge in [-0.25, -0.2) is 0 Å². The van der Waals surface area contributed by atoms with Crippen LogP contribution in [0.2, 0.25) is 0 Å². The summed E-state index contributed by atoms with van der Waals surface area (Å²) in [7, 11) is 3.83. The summed E-state index contributed by atoms with van der Waals surface area (Å²) in [6, 6.07) is 2.68. The van der Waals surface area contributed by atoms with E-state index < -0.39 is 0 Å². The largest absolute Gasteiger partial charge is 0.496 e. The molecule has 0 radical (unpaired) electrons. The Morgan fingerprint density at radius 1 is 1.28 bits per heavy atom. The fraction of sp³-hybridized carbons (Fsp3) is 0.733. The smallest absolute Gasteiger partial charge is 0.129 e. The van der Waals surface area contributed by atoms with Gasteiger partial charge in [0.25, 0.3) is 0 Å². The first-order chi connectivity index (χ1) is 8.63. The number of ether oxygens (including phenoxy) is 1. The predicted octanol–water partition coefficient (Wildman–Crippen LogP) is 4.09. The van der Waals surface area contributed by atoms with Gasteiger partial charge in [0.15, 0.2) is 0 Å². The average Bonchev–Trinajstić information content (AvgIpc) is 2.77. The van der Waals surface area contributed by atoms with Crippen LogP contribution in [0.4, 0.5) is 0 Å². The van der Waals surface area contributed by atoms with E-state index in [4.69, 9.17) is 4.74 Å². The van der Waals surface area contributed by atoms with Gasteiger partial charge < -0.3 is 10.1 Å². The van der Waals surface area contributed by atoms with Crippen LogP contribution in [0.15, 0.2) is 11.4 Å². The number of hydrogen-bond donors (Lipinski definition) is 1. The minimum Gasteiger partial charge on any atom is -0.496 e. The van der Waals surface area contributed by atoms with E-state index in [-0.39, 0.29) is 0 Å². The zero-order valence-electron chi connectivity index (χ0n) is 11.9. The third kappa shape index (κ3) is 3.07. The van der Waals surface area contributed by atoms with E-state index in [1.807, 2.05) is 11.3 Å². The fourth-order valence-electron chi connectivity index (χ4n) is 3.50. The molecule has 1 fully saturated rings. The van der Waals surface area contributed by atoms with Gasteiger partial charge in [0.2, 0.25) is 0 Å². The molecule has 3 unspecified atom stereocenters. The predicted molar refractivity (Wildman–Crippen MR) is 78.3 cm³/mol. The molecule has 0 aliphatic heterocycles. The van der Waals surface area contributed by atoms with Crippen molar-refractivity contribution in [2.45, 2.75) is 39.2 Å². The van der Waals surface area contributed by atoms with Gasteiger partial charge >= 0.3 is 0 Å². The molecule has 0 aromatic carbocycles. The normalized spacial score (nSPS) is 30.1. The molecule has 1 heterocycles. The second-order valence-electron chi connectivity index (χ2n) is 5.83. The molecule has 1 aromatic heterocycles. The highest BCUT2D eigenvalue weighted by Gasteiger charge is 2.30. The van der Waals surface area contributed by atoms with E-state index in [9.17, 15) is 0 Å². The summed E-state index contributed by atoms with van der Waals surface area (Å²) in [6.45, 7) is 4.79. The van der Waals surface area contributed by atoms with Crippen molar-refractivity contribution in [2.75, 3.05) is 14.2 Å². The van der Waals surface area contributed by atoms with Crippen molar-refractivity contribution < 1.29 is 4.74 Å². The minimum absolute atomic E-state index is 0.490. The maximum atomic E-state index is 5.30. The van der Waals surface area contributed by atoms with Crippen LogP contribution in [-0.4, -0.2) is 14.2 Å². The van der Waals surface area contributed by atoms with Crippen molar-refractivity contribution in [2.24, 2.45) is 17.8 Å². The SMILES string of the molecule is CNC(c1cc(OC)cs1)C1CC(C)CC(C)C1. The Labute approximate surface area is 115 Å². The molecule has 18 heavy (non-hydrogen) atoms. The van der Waals surface area contributed by atoms with Gasteiger partial charge in [0.05, 0.1) is 7.11 Å². The topological polar surface area (TPSA) is 21.3 Å². The molecule has 2 nitrogen and oxygen atoms in total. The molecule has 102 valence electrons. The van der Waals surface area contributed by atoms with Crippen molar-refractivity contribution in [3.8, 4) is 5.75 Å². The summed E-state index contributed by atoms with van der Waals surface area (Å²) >= 11 is 1.82. The number of rotatable bonds is 4. The lowest BCUT2D eigenvalue weighted by molar-refractivity contribution is 0.182. The third-order valence-corrected chi connectivity index (χ3v) is 5.13. The standard InChI is InChI=1S/C15H25NOS/c1-10-5-11(2)7-12(6-10)15(16-3)14-8-13(17-4)9-18-14/h8-12,15-16H,5-7H2,1-4H3. The molecule has 1 aliphatic carbocycles. The van der Waals surface area contributed by atoms with E-state index >= 15 is 0 Å². The van der Waals surface area contributed by atoms with E-state index in [1.165, 1.54) is 24.1 Å². The molecular weight excluding hydrogens is 242 g/mol. The van der Waals surface area contributed by atoms with E-state index in [1.54, 1.807) is 7.11 Å². The Balaban J connectivity index is 2.12. The molecule has 0 saturated heterocycles. The lowest BCUT2D eigenvalue weighted by Gasteiger charge is -2.36. The van der Waals surface area contributed by atoms with Gasteiger partial charge in [0, 0.05) is 16.3 Å². The van der Waals surface area contributed by atoms with Gasteiger partial charge in [-0.1, -0.05) is 13.8 Å². The Hall–Kier alpha value is -0.540. The summed E-state index contributed by atoms with van der Waals surface area (Å²) < 4.78 is 5.30. The van der Waals surface area contributed by atoms with Crippen LogP contribution in [0.3, 0.4) is 0 Å². The number of nitrogens with one attached hydrogen (secondary N) is 1. The maximum absolute atomic E-state index is 5.30. The number of methoxy groups -OCH3 is 1. The molecule has 0 amide bonds. The van der Waals surface area contributed by atoms with E-state index in [0.29, 0.717) is 6.04 Å². The molecule has 1 saturated carbocycles.